The Labute approximate surface area is 183 Å². The minimum atomic E-state index is -0.488. The molecule has 0 fully saturated rings. The maximum absolute atomic E-state index is 12.5. The topological polar surface area (TPSA) is 135 Å². The first kappa shape index (κ1) is 22.3. The number of fused-ring (bicyclic) bond motifs is 1. The van der Waals surface area contributed by atoms with Crippen molar-refractivity contribution in [3.8, 4) is 0 Å². The number of hydrogen-bond acceptors (Lipinski definition) is 10. The highest BCUT2D eigenvalue weighted by Gasteiger charge is 2.17. The van der Waals surface area contributed by atoms with Crippen LogP contribution in [0.3, 0.4) is 0 Å². The molecule has 2 heterocycles. The van der Waals surface area contributed by atoms with Gasteiger partial charge in [-0.3, -0.25) is 4.79 Å². The summed E-state index contributed by atoms with van der Waals surface area (Å²) in [6, 6.07) is 6.71. The van der Waals surface area contributed by atoms with Crippen molar-refractivity contribution in [2.75, 3.05) is 41.4 Å². The molecule has 0 saturated carbocycles. The molecule has 0 saturated heterocycles. The molecule has 0 unspecified atom stereocenters. The lowest BCUT2D eigenvalue weighted by Gasteiger charge is -2.11. The third-order valence-electron chi connectivity index (χ3n) is 3.94. The van der Waals surface area contributed by atoms with E-state index in [4.69, 9.17) is 4.74 Å². The summed E-state index contributed by atoms with van der Waals surface area (Å²) in [5.74, 6) is 0.621. The molecule has 2 aromatic heterocycles. The lowest BCUT2D eigenvalue weighted by molar-refractivity contribution is -0.113. The van der Waals surface area contributed by atoms with Crippen LogP contribution in [0.2, 0.25) is 0 Å². The van der Waals surface area contributed by atoms with Crippen molar-refractivity contribution in [2.24, 2.45) is 0 Å². The third kappa shape index (κ3) is 5.40. The number of hydrogen-bond donors (Lipinski definition) is 3. The predicted molar refractivity (Wildman–Crippen MR) is 119 cm³/mol. The number of benzene rings is 1. The molecular weight excluding hydrogens is 420 g/mol. The Morgan fingerprint density at radius 1 is 1.06 bits per heavy atom. The number of nitrogens with one attached hydrogen (secondary N) is 3. The van der Waals surface area contributed by atoms with Crippen molar-refractivity contribution in [2.45, 2.75) is 25.9 Å². The molecular formula is C19H24N8O3S. The maximum atomic E-state index is 12.5. The summed E-state index contributed by atoms with van der Waals surface area (Å²) in [5.41, 5.74) is 0.694. The van der Waals surface area contributed by atoms with Crippen LogP contribution < -0.4 is 16.0 Å². The second-order valence-corrected chi connectivity index (χ2v) is 7.09. The summed E-state index contributed by atoms with van der Waals surface area (Å²) < 4.78 is 6.70. The van der Waals surface area contributed by atoms with E-state index in [0.29, 0.717) is 47.2 Å². The summed E-state index contributed by atoms with van der Waals surface area (Å²) in [6.45, 7) is 7.20. The zero-order valence-corrected chi connectivity index (χ0v) is 18.3. The SMILES string of the molecule is CCNc1nc(NCC)n2c(SCC(=O)Nc3ccccc3C(=O)OCC)nnc2n1. The number of esters is 1. The monoisotopic (exact) mass is 444 g/mol. The molecule has 0 aliphatic carbocycles. The van der Waals surface area contributed by atoms with Crippen molar-refractivity contribution in [1.29, 1.82) is 0 Å². The van der Waals surface area contributed by atoms with E-state index in [1.807, 2.05) is 13.8 Å². The van der Waals surface area contributed by atoms with Crippen LogP contribution in [0.15, 0.2) is 29.4 Å². The van der Waals surface area contributed by atoms with Crippen LogP contribution in [-0.2, 0) is 9.53 Å². The van der Waals surface area contributed by atoms with E-state index in [1.165, 1.54) is 11.8 Å². The number of para-hydroxylation sites is 1. The zero-order chi connectivity index (χ0) is 22.2. The van der Waals surface area contributed by atoms with Gasteiger partial charge in [0.2, 0.25) is 17.8 Å². The van der Waals surface area contributed by atoms with Crippen molar-refractivity contribution in [1.82, 2.24) is 24.6 Å². The Bertz CT molecular complexity index is 1070. The Kier molecular flexibility index (Phi) is 7.60. The summed E-state index contributed by atoms with van der Waals surface area (Å²) >= 11 is 1.19. The zero-order valence-electron chi connectivity index (χ0n) is 17.5. The van der Waals surface area contributed by atoms with Gasteiger partial charge in [-0.05, 0) is 32.9 Å². The number of amides is 1. The van der Waals surface area contributed by atoms with Gasteiger partial charge in [0.05, 0.1) is 23.6 Å². The van der Waals surface area contributed by atoms with Gasteiger partial charge in [0.25, 0.3) is 5.78 Å². The molecule has 0 aliphatic heterocycles. The van der Waals surface area contributed by atoms with Gasteiger partial charge in [0.1, 0.15) is 0 Å². The van der Waals surface area contributed by atoms with Gasteiger partial charge in [-0.1, -0.05) is 23.9 Å². The lowest BCUT2D eigenvalue weighted by Crippen LogP contribution is -2.18. The van der Waals surface area contributed by atoms with Gasteiger partial charge in [-0.25, -0.2) is 9.20 Å². The van der Waals surface area contributed by atoms with Gasteiger partial charge in [-0.2, -0.15) is 9.97 Å². The molecule has 11 nitrogen and oxygen atoms in total. The molecule has 0 aliphatic rings. The molecule has 0 atom stereocenters. The van der Waals surface area contributed by atoms with Crippen LogP contribution in [0, 0.1) is 0 Å². The number of aromatic nitrogens is 5. The van der Waals surface area contributed by atoms with E-state index in [1.54, 1.807) is 35.6 Å². The molecule has 3 N–H and O–H groups in total. The Hall–Kier alpha value is -3.41. The number of thioether (sulfide) groups is 1. The second kappa shape index (κ2) is 10.6. The highest BCUT2D eigenvalue weighted by atomic mass is 32.2. The number of nitrogens with zero attached hydrogens (tertiary/aromatic N) is 5. The van der Waals surface area contributed by atoms with Crippen LogP contribution in [0.25, 0.3) is 5.78 Å². The third-order valence-corrected chi connectivity index (χ3v) is 4.87. The fourth-order valence-electron chi connectivity index (χ4n) is 2.69. The first-order valence-corrected chi connectivity index (χ1v) is 10.9. The lowest BCUT2D eigenvalue weighted by atomic mass is 10.2. The fourth-order valence-corrected chi connectivity index (χ4v) is 3.42. The highest BCUT2D eigenvalue weighted by molar-refractivity contribution is 7.99. The van der Waals surface area contributed by atoms with E-state index in [-0.39, 0.29) is 18.3 Å². The second-order valence-electron chi connectivity index (χ2n) is 6.15. The first-order valence-electron chi connectivity index (χ1n) is 9.87. The van der Waals surface area contributed by atoms with Crippen molar-refractivity contribution < 1.29 is 14.3 Å². The number of carbonyl (C=O) groups excluding carboxylic acids is 2. The summed E-state index contributed by atoms with van der Waals surface area (Å²) in [4.78, 5) is 33.4. The molecule has 1 aromatic carbocycles. The molecule has 0 bridgehead atoms. The Morgan fingerprint density at radius 3 is 2.58 bits per heavy atom. The number of ether oxygens (including phenoxy) is 1. The van der Waals surface area contributed by atoms with E-state index in [0.717, 1.165) is 0 Å². The van der Waals surface area contributed by atoms with Gasteiger partial charge < -0.3 is 20.7 Å². The van der Waals surface area contributed by atoms with Crippen molar-refractivity contribution >= 4 is 47.0 Å². The summed E-state index contributed by atoms with van der Waals surface area (Å²) in [7, 11) is 0. The molecule has 164 valence electrons. The smallest absolute Gasteiger partial charge is 0.340 e. The normalized spacial score (nSPS) is 10.7. The Balaban J connectivity index is 1.74. The predicted octanol–water partition coefficient (Wildman–Crippen LogP) is 2.29. The number of anilines is 3. The quantitative estimate of drug-likeness (QED) is 0.316. The van der Waals surface area contributed by atoms with Crippen LogP contribution in [0.4, 0.5) is 17.6 Å². The summed E-state index contributed by atoms with van der Waals surface area (Å²) in [6.07, 6.45) is 0. The van der Waals surface area contributed by atoms with Gasteiger partial charge in [-0.15, -0.1) is 10.2 Å². The molecule has 12 heteroatoms. The first-order chi connectivity index (χ1) is 15.1. The minimum Gasteiger partial charge on any atom is -0.462 e. The van der Waals surface area contributed by atoms with Crippen LogP contribution >= 0.6 is 11.8 Å². The van der Waals surface area contributed by atoms with Gasteiger partial charge in [0.15, 0.2) is 5.16 Å². The minimum absolute atomic E-state index is 0.0540. The van der Waals surface area contributed by atoms with E-state index in [2.05, 4.69) is 36.1 Å². The van der Waals surface area contributed by atoms with Gasteiger partial charge >= 0.3 is 5.97 Å². The van der Waals surface area contributed by atoms with Gasteiger partial charge in [0, 0.05) is 13.1 Å². The molecule has 0 spiro atoms. The standard InChI is InChI=1S/C19H24N8O3S/c1-4-20-16-23-17(21-5-2)27-18(24-16)25-26-19(27)31-11-14(28)22-13-10-8-7-9-12(13)15(29)30-6-3/h7-10H,4-6,11H2,1-3H3,(H,22,28)(H2,20,21,23,24,25). The fraction of sp³-hybridized carbons (Fsp3) is 0.368. The van der Waals surface area contributed by atoms with E-state index >= 15 is 0 Å². The average Bonchev–Trinajstić information content (AvgIpc) is 3.16. The Morgan fingerprint density at radius 2 is 1.84 bits per heavy atom. The van der Waals surface area contributed by atoms with Crippen LogP contribution in [0.5, 0.6) is 0 Å². The summed E-state index contributed by atoms with van der Waals surface area (Å²) in [5, 5.41) is 17.7. The number of rotatable bonds is 10. The van der Waals surface area contributed by atoms with Crippen LogP contribution in [0.1, 0.15) is 31.1 Å². The molecule has 31 heavy (non-hydrogen) atoms. The largest absolute Gasteiger partial charge is 0.462 e. The van der Waals surface area contributed by atoms with Crippen molar-refractivity contribution in [3.63, 3.8) is 0 Å². The molecule has 3 rings (SSSR count). The van der Waals surface area contributed by atoms with Crippen molar-refractivity contribution in [3.05, 3.63) is 29.8 Å². The average molecular weight is 445 g/mol. The van der Waals surface area contributed by atoms with E-state index < -0.39 is 5.97 Å². The van der Waals surface area contributed by atoms with Crippen LogP contribution in [-0.4, -0.2) is 61.9 Å². The highest BCUT2D eigenvalue weighted by Crippen LogP contribution is 2.22. The number of carbonyl (C=O) groups is 2. The molecule has 0 radical (unpaired) electrons. The maximum Gasteiger partial charge on any atom is 0.340 e. The van der Waals surface area contributed by atoms with E-state index in [9.17, 15) is 9.59 Å². The molecule has 3 aromatic rings. The molecule has 1 amide bonds.